The van der Waals surface area contributed by atoms with E-state index in [1.54, 1.807) is 48.5 Å². The number of carbonyl (C=O) groups is 3. The lowest BCUT2D eigenvalue weighted by atomic mass is 10.1. The van der Waals surface area contributed by atoms with Crippen molar-refractivity contribution < 1.29 is 23.9 Å². The van der Waals surface area contributed by atoms with Gasteiger partial charge in [0.05, 0.1) is 5.69 Å². The van der Waals surface area contributed by atoms with Crippen molar-refractivity contribution in [1.29, 1.82) is 0 Å². The van der Waals surface area contributed by atoms with Gasteiger partial charge in [-0.15, -0.1) is 0 Å². The Morgan fingerprint density at radius 2 is 1.24 bits per heavy atom. The molecule has 1 fully saturated rings. The number of barbiturate groups is 1. The molecular weight excluding hydrogens is 432 g/mol. The van der Waals surface area contributed by atoms with Crippen molar-refractivity contribution in [2.24, 2.45) is 0 Å². The fourth-order valence-corrected chi connectivity index (χ4v) is 3.37. The maximum absolute atomic E-state index is 13.0. The van der Waals surface area contributed by atoms with Crippen LogP contribution in [0.4, 0.5) is 10.5 Å². The molecule has 1 N–H and O–H groups in total. The molecule has 34 heavy (non-hydrogen) atoms. The average molecular weight is 456 g/mol. The van der Waals surface area contributed by atoms with Gasteiger partial charge >= 0.3 is 6.03 Å². The summed E-state index contributed by atoms with van der Waals surface area (Å²) in [5.41, 5.74) is 3.05. The summed E-state index contributed by atoms with van der Waals surface area (Å²) in [6.07, 6.45) is 1.45. The quantitative estimate of drug-likeness (QED) is 0.323. The van der Waals surface area contributed by atoms with Gasteiger partial charge in [-0.1, -0.05) is 47.5 Å². The fourth-order valence-electron chi connectivity index (χ4n) is 3.37. The second-order valence-corrected chi connectivity index (χ2v) is 7.87. The van der Waals surface area contributed by atoms with Gasteiger partial charge in [0.15, 0.2) is 0 Å². The van der Waals surface area contributed by atoms with E-state index in [0.29, 0.717) is 30.2 Å². The Balaban J connectivity index is 1.39. The van der Waals surface area contributed by atoms with E-state index in [0.717, 1.165) is 16.2 Å². The molecule has 1 aliphatic rings. The molecule has 0 aliphatic carbocycles. The number of rotatable bonds is 7. The number of hydrogen-bond acceptors (Lipinski definition) is 5. The maximum Gasteiger partial charge on any atom is 0.335 e. The lowest BCUT2D eigenvalue weighted by molar-refractivity contribution is -0.122. The van der Waals surface area contributed by atoms with E-state index in [-0.39, 0.29) is 5.57 Å². The molecule has 0 unspecified atom stereocenters. The van der Waals surface area contributed by atoms with Gasteiger partial charge in [-0.05, 0) is 61.9 Å². The lowest BCUT2D eigenvalue weighted by Gasteiger charge is -2.26. The fraction of sp³-hybridized carbons (Fsp3) is 0.148. The zero-order chi connectivity index (χ0) is 24.1. The normalized spacial score (nSPS) is 14.8. The number of carbonyl (C=O) groups excluding carboxylic acids is 3. The molecule has 172 valence electrons. The molecule has 4 amide bonds. The van der Waals surface area contributed by atoms with Gasteiger partial charge in [0, 0.05) is 0 Å². The Kier molecular flexibility index (Phi) is 6.73. The Bertz CT molecular complexity index is 1230. The number of benzene rings is 3. The number of imide groups is 2. The van der Waals surface area contributed by atoms with Gasteiger partial charge in [0.1, 0.15) is 30.3 Å². The molecule has 3 aromatic rings. The highest BCUT2D eigenvalue weighted by atomic mass is 16.5. The van der Waals surface area contributed by atoms with Crippen molar-refractivity contribution >= 4 is 29.6 Å². The molecule has 7 heteroatoms. The summed E-state index contributed by atoms with van der Waals surface area (Å²) in [7, 11) is 0. The Morgan fingerprint density at radius 1 is 0.735 bits per heavy atom. The van der Waals surface area contributed by atoms with Gasteiger partial charge < -0.3 is 9.47 Å². The van der Waals surface area contributed by atoms with E-state index in [2.05, 4.69) is 5.32 Å². The van der Waals surface area contributed by atoms with E-state index < -0.39 is 17.8 Å². The topological polar surface area (TPSA) is 84.9 Å². The first-order chi connectivity index (χ1) is 16.4. The van der Waals surface area contributed by atoms with Gasteiger partial charge in [0.25, 0.3) is 11.8 Å². The summed E-state index contributed by atoms with van der Waals surface area (Å²) >= 11 is 0. The number of urea groups is 1. The highest BCUT2D eigenvalue weighted by Crippen LogP contribution is 2.23. The molecule has 0 bridgehead atoms. The van der Waals surface area contributed by atoms with Crippen LogP contribution in [0.2, 0.25) is 0 Å². The maximum atomic E-state index is 13.0. The standard InChI is InChI=1S/C27H24N2O5/c1-18-3-9-21(10-4-18)29-26(31)24(25(30)28-27(29)32)17-20-7-13-23(14-8-20)34-16-15-33-22-11-5-19(2)6-12-22/h3-14,17H,15-16H2,1-2H3,(H,28,30,32). The summed E-state index contributed by atoms with van der Waals surface area (Å²) in [6, 6.07) is 20.9. The number of nitrogens with one attached hydrogen (secondary N) is 1. The van der Waals surface area contributed by atoms with Crippen LogP contribution in [0, 0.1) is 13.8 Å². The largest absolute Gasteiger partial charge is 0.490 e. The highest BCUT2D eigenvalue weighted by Gasteiger charge is 2.36. The lowest BCUT2D eigenvalue weighted by Crippen LogP contribution is -2.54. The molecule has 1 aliphatic heterocycles. The number of amides is 4. The molecule has 0 radical (unpaired) electrons. The molecule has 0 saturated carbocycles. The van der Waals surface area contributed by atoms with E-state index in [1.807, 2.05) is 38.1 Å². The molecule has 3 aromatic carbocycles. The SMILES string of the molecule is Cc1ccc(OCCOc2ccc(C=C3C(=O)NC(=O)N(c4ccc(C)cc4)C3=O)cc2)cc1. The van der Waals surface area contributed by atoms with Crippen molar-refractivity contribution in [3.63, 3.8) is 0 Å². The molecule has 0 aromatic heterocycles. The molecule has 4 rings (SSSR count). The van der Waals surface area contributed by atoms with Crippen LogP contribution in [0.3, 0.4) is 0 Å². The second-order valence-electron chi connectivity index (χ2n) is 7.87. The summed E-state index contributed by atoms with van der Waals surface area (Å²) in [5, 5.41) is 2.23. The van der Waals surface area contributed by atoms with Gasteiger partial charge in [-0.25, -0.2) is 9.69 Å². The Labute approximate surface area is 197 Å². The summed E-state index contributed by atoms with van der Waals surface area (Å²) < 4.78 is 11.3. The number of hydrogen-bond donors (Lipinski definition) is 1. The zero-order valence-corrected chi connectivity index (χ0v) is 18.9. The van der Waals surface area contributed by atoms with Crippen molar-refractivity contribution in [1.82, 2.24) is 5.32 Å². The monoisotopic (exact) mass is 456 g/mol. The first-order valence-electron chi connectivity index (χ1n) is 10.8. The molecular formula is C27H24N2O5. The third-order valence-corrected chi connectivity index (χ3v) is 5.23. The molecule has 0 atom stereocenters. The molecule has 0 spiro atoms. The van der Waals surface area contributed by atoms with Crippen LogP contribution in [0.25, 0.3) is 6.08 Å². The van der Waals surface area contributed by atoms with Crippen LogP contribution >= 0.6 is 0 Å². The average Bonchev–Trinajstić information content (AvgIpc) is 2.82. The third kappa shape index (κ3) is 5.32. The predicted octanol–water partition coefficient (Wildman–Crippen LogP) is 4.43. The number of anilines is 1. The number of nitrogens with zero attached hydrogens (tertiary/aromatic N) is 1. The number of aryl methyl sites for hydroxylation is 2. The van der Waals surface area contributed by atoms with Gasteiger partial charge in [0.2, 0.25) is 0 Å². The van der Waals surface area contributed by atoms with Gasteiger partial charge in [-0.2, -0.15) is 0 Å². The number of ether oxygens (including phenoxy) is 2. The highest BCUT2D eigenvalue weighted by molar-refractivity contribution is 6.39. The molecule has 7 nitrogen and oxygen atoms in total. The third-order valence-electron chi connectivity index (χ3n) is 5.23. The van der Waals surface area contributed by atoms with E-state index in [1.165, 1.54) is 11.6 Å². The first kappa shape index (κ1) is 22.8. The van der Waals surface area contributed by atoms with Crippen molar-refractivity contribution in [3.8, 4) is 11.5 Å². The van der Waals surface area contributed by atoms with Crippen LogP contribution in [0.5, 0.6) is 11.5 Å². The van der Waals surface area contributed by atoms with E-state index in [9.17, 15) is 14.4 Å². The second kappa shape index (κ2) is 10.0. The molecule has 1 saturated heterocycles. The Hall–Kier alpha value is -4.39. The van der Waals surface area contributed by atoms with Crippen LogP contribution < -0.4 is 19.7 Å². The summed E-state index contributed by atoms with van der Waals surface area (Å²) in [5.74, 6) is 0.00780. The van der Waals surface area contributed by atoms with Crippen molar-refractivity contribution in [2.75, 3.05) is 18.1 Å². The first-order valence-corrected chi connectivity index (χ1v) is 10.8. The summed E-state index contributed by atoms with van der Waals surface area (Å²) in [4.78, 5) is 38.5. The van der Waals surface area contributed by atoms with Crippen molar-refractivity contribution in [3.05, 3.63) is 95.1 Å². The van der Waals surface area contributed by atoms with Crippen LogP contribution in [-0.2, 0) is 9.59 Å². The van der Waals surface area contributed by atoms with E-state index >= 15 is 0 Å². The van der Waals surface area contributed by atoms with Crippen LogP contribution in [-0.4, -0.2) is 31.1 Å². The minimum atomic E-state index is -0.771. The van der Waals surface area contributed by atoms with Crippen molar-refractivity contribution in [2.45, 2.75) is 13.8 Å². The minimum absolute atomic E-state index is 0.125. The van der Waals surface area contributed by atoms with Crippen LogP contribution in [0.1, 0.15) is 16.7 Å². The summed E-state index contributed by atoms with van der Waals surface area (Å²) in [6.45, 7) is 4.68. The van der Waals surface area contributed by atoms with Crippen LogP contribution in [0.15, 0.2) is 78.4 Å². The smallest absolute Gasteiger partial charge is 0.335 e. The Morgan fingerprint density at radius 3 is 1.79 bits per heavy atom. The molecule has 1 heterocycles. The van der Waals surface area contributed by atoms with E-state index in [4.69, 9.17) is 9.47 Å². The minimum Gasteiger partial charge on any atom is -0.490 e. The zero-order valence-electron chi connectivity index (χ0n) is 18.9. The van der Waals surface area contributed by atoms with Gasteiger partial charge in [-0.3, -0.25) is 14.9 Å². The predicted molar refractivity (Wildman–Crippen MR) is 129 cm³/mol.